The lowest BCUT2D eigenvalue weighted by Gasteiger charge is -2.18. The molecule has 0 N–H and O–H groups in total. The van der Waals surface area contributed by atoms with Crippen molar-refractivity contribution in [1.29, 1.82) is 0 Å². The number of hydrogen-bond acceptors (Lipinski definition) is 2. The molecule has 58 heavy (non-hydrogen) atoms. The van der Waals surface area contributed by atoms with Gasteiger partial charge in [0.2, 0.25) is 0 Å². The number of furan rings is 2. The molecule has 12 rings (SSSR count). The molecule has 0 saturated carbocycles. The second-order valence-electron chi connectivity index (χ2n) is 15.1. The number of hydrogen-bond donors (Lipinski definition) is 0. The second kappa shape index (κ2) is 12.9. The van der Waals surface area contributed by atoms with E-state index in [9.17, 15) is 0 Å². The Morgan fingerprint density at radius 3 is 0.948 bits per heavy atom. The molecule has 0 aliphatic rings. The fraction of sp³-hybridized carbons (Fsp3) is 0. The minimum absolute atomic E-state index is 0.825. The van der Waals surface area contributed by atoms with Crippen molar-refractivity contribution in [3.63, 3.8) is 0 Å². The van der Waals surface area contributed by atoms with E-state index in [0.717, 1.165) is 71.7 Å². The van der Waals surface area contributed by atoms with Crippen LogP contribution in [0.15, 0.2) is 215 Å². The van der Waals surface area contributed by atoms with Gasteiger partial charge in [-0.05, 0) is 102 Å². The maximum atomic E-state index is 6.85. The molecule has 2 heteroatoms. The third-order valence-corrected chi connectivity index (χ3v) is 11.9. The summed E-state index contributed by atoms with van der Waals surface area (Å²) in [5.41, 5.74) is 14.9. The summed E-state index contributed by atoms with van der Waals surface area (Å²) >= 11 is 0. The lowest BCUT2D eigenvalue weighted by molar-refractivity contribution is 0.658. The van der Waals surface area contributed by atoms with Crippen molar-refractivity contribution in [2.75, 3.05) is 0 Å². The first-order valence-electron chi connectivity index (χ1n) is 19.8. The first-order chi connectivity index (χ1) is 28.8. The Morgan fingerprint density at radius 2 is 0.534 bits per heavy atom. The van der Waals surface area contributed by atoms with Crippen LogP contribution in [-0.4, -0.2) is 0 Å². The van der Waals surface area contributed by atoms with Crippen LogP contribution >= 0.6 is 0 Å². The average Bonchev–Trinajstić information content (AvgIpc) is 3.85. The highest BCUT2D eigenvalue weighted by Crippen LogP contribution is 2.47. The Balaban J connectivity index is 1.10. The van der Waals surface area contributed by atoms with Gasteiger partial charge < -0.3 is 8.83 Å². The molecule has 0 atom stereocenters. The highest BCUT2D eigenvalue weighted by atomic mass is 16.3. The first kappa shape index (κ1) is 32.6. The Kier molecular flexibility index (Phi) is 7.26. The van der Waals surface area contributed by atoms with E-state index >= 15 is 0 Å². The van der Waals surface area contributed by atoms with E-state index in [4.69, 9.17) is 8.83 Å². The maximum absolute atomic E-state index is 6.85. The van der Waals surface area contributed by atoms with Crippen molar-refractivity contribution in [2.24, 2.45) is 0 Å². The van der Waals surface area contributed by atoms with Crippen LogP contribution < -0.4 is 0 Å². The topological polar surface area (TPSA) is 26.3 Å². The van der Waals surface area contributed by atoms with Gasteiger partial charge in [0.25, 0.3) is 0 Å². The van der Waals surface area contributed by atoms with E-state index in [1.807, 2.05) is 0 Å². The molecule has 12 aromatic rings. The van der Waals surface area contributed by atoms with E-state index in [2.05, 4.69) is 206 Å². The molecule has 0 radical (unpaired) electrons. The van der Waals surface area contributed by atoms with Crippen LogP contribution in [0.4, 0.5) is 0 Å². The van der Waals surface area contributed by atoms with Crippen LogP contribution in [0.1, 0.15) is 0 Å². The smallest absolute Gasteiger partial charge is 0.147 e. The van der Waals surface area contributed by atoms with E-state index < -0.39 is 0 Å². The van der Waals surface area contributed by atoms with E-state index in [1.165, 1.54) is 49.4 Å². The number of rotatable bonds is 5. The molecule has 2 nitrogen and oxygen atoms in total. The second-order valence-corrected chi connectivity index (χ2v) is 15.1. The third kappa shape index (κ3) is 5.05. The van der Waals surface area contributed by atoms with Gasteiger partial charge in [-0.3, -0.25) is 0 Å². The zero-order chi connectivity index (χ0) is 38.2. The van der Waals surface area contributed by atoms with Crippen LogP contribution in [0.5, 0.6) is 0 Å². The Morgan fingerprint density at radius 1 is 0.207 bits per heavy atom. The molecule has 2 aromatic heterocycles. The molecule has 0 saturated heterocycles. The lowest BCUT2D eigenvalue weighted by atomic mass is 9.85. The van der Waals surface area contributed by atoms with Crippen molar-refractivity contribution in [3.05, 3.63) is 206 Å². The average molecular weight is 739 g/mol. The van der Waals surface area contributed by atoms with E-state index in [0.29, 0.717) is 0 Å². The van der Waals surface area contributed by atoms with Gasteiger partial charge >= 0.3 is 0 Å². The molecule has 0 fully saturated rings. The monoisotopic (exact) mass is 738 g/mol. The summed E-state index contributed by atoms with van der Waals surface area (Å²) in [5.74, 6) is 0. The van der Waals surface area contributed by atoms with Crippen molar-refractivity contribution < 1.29 is 8.83 Å². The summed E-state index contributed by atoms with van der Waals surface area (Å²) in [4.78, 5) is 0. The lowest BCUT2D eigenvalue weighted by Crippen LogP contribution is -1.91. The van der Waals surface area contributed by atoms with Gasteiger partial charge in [-0.15, -0.1) is 0 Å². The molecular weight excluding hydrogens is 705 g/mol. The quantitative estimate of drug-likeness (QED) is 0.164. The molecule has 0 aliphatic heterocycles. The zero-order valence-corrected chi connectivity index (χ0v) is 31.4. The van der Waals surface area contributed by atoms with Crippen LogP contribution in [-0.2, 0) is 0 Å². The Labute approximate surface area is 334 Å². The summed E-state index contributed by atoms with van der Waals surface area (Å²) in [5, 5.41) is 9.26. The van der Waals surface area contributed by atoms with Gasteiger partial charge in [-0.25, -0.2) is 0 Å². The van der Waals surface area contributed by atoms with Crippen LogP contribution in [0.3, 0.4) is 0 Å². The van der Waals surface area contributed by atoms with Crippen LogP contribution in [0.2, 0.25) is 0 Å². The van der Waals surface area contributed by atoms with Gasteiger partial charge in [-0.1, -0.05) is 176 Å². The minimum atomic E-state index is 0.825. The maximum Gasteiger partial charge on any atom is 0.147 e. The number of benzene rings is 10. The number of fused-ring (bicyclic) bond motifs is 8. The van der Waals surface area contributed by atoms with Gasteiger partial charge in [0.1, 0.15) is 22.3 Å². The molecular formula is C56H34O2. The summed E-state index contributed by atoms with van der Waals surface area (Å²) in [6, 6.07) is 73.8. The van der Waals surface area contributed by atoms with Crippen molar-refractivity contribution in [2.45, 2.75) is 0 Å². The fourth-order valence-electron chi connectivity index (χ4n) is 9.18. The molecule has 0 bridgehead atoms. The summed E-state index contributed by atoms with van der Waals surface area (Å²) < 4.78 is 13.7. The molecule has 2 heterocycles. The Bertz CT molecular complexity index is 3330. The van der Waals surface area contributed by atoms with Gasteiger partial charge in [0.05, 0.1) is 5.56 Å². The van der Waals surface area contributed by atoms with Crippen LogP contribution in [0, 0.1) is 0 Å². The zero-order valence-electron chi connectivity index (χ0n) is 31.4. The van der Waals surface area contributed by atoms with Gasteiger partial charge in [0.15, 0.2) is 0 Å². The molecule has 270 valence electrons. The highest BCUT2D eigenvalue weighted by molar-refractivity contribution is 6.24. The highest BCUT2D eigenvalue weighted by Gasteiger charge is 2.23. The largest absolute Gasteiger partial charge is 0.455 e. The minimum Gasteiger partial charge on any atom is -0.455 e. The molecule has 10 aromatic carbocycles. The molecule has 0 aliphatic carbocycles. The van der Waals surface area contributed by atoms with E-state index in [-0.39, 0.29) is 0 Å². The summed E-state index contributed by atoms with van der Waals surface area (Å²) in [6.07, 6.45) is 0. The molecule has 0 spiro atoms. The summed E-state index contributed by atoms with van der Waals surface area (Å²) in [6.45, 7) is 0. The Hall–Kier alpha value is -7.68. The standard InChI is InChI=1S/C56H34O2/c1-4-14-35(15-5-1)40-28-30-50-46(32-40)48-34-49-47-33-41(36-16-6-2-7-17-36)29-31-51(47)58-56(49)54(55(48)57-50)39-26-24-38(25-27-39)53-44-22-12-10-20-42(44)52(37-18-8-3-9-19-37)43-21-11-13-23-45(43)53/h1-34H. The van der Waals surface area contributed by atoms with Gasteiger partial charge in [-0.2, -0.15) is 0 Å². The normalized spacial score (nSPS) is 11.8. The SMILES string of the molecule is c1ccc(-c2ccc3oc4c(-c5ccc(-c6c7ccccc7c(-c7ccccc7)c7ccccc67)cc5)c5oc6ccc(-c7ccccc7)cc6c5cc4c3c2)cc1. The molecule has 0 amide bonds. The third-order valence-electron chi connectivity index (χ3n) is 11.9. The summed E-state index contributed by atoms with van der Waals surface area (Å²) in [7, 11) is 0. The van der Waals surface area contributed by atoms with Crippen molar-refractivity contribution in [1.82, 2.24) is 0 Å². The van der Waals surface area contributed by atoms with Crippen LogP contribution in [0.25, 0.3) is 121 Å². The van der Waals surface area contributed by atoms with E-state index in [1.54, 1.807) is 0 Å². The predicted octanol–water partition coefficient (Wildman–Crippen LogP) is 16.1. The van der Waals surface area contributed by atoms with Crippen molar-refractivity contribution in [3.8, 4) is 55.6 Å². The molecule has 0 unspecified atom stereocenters. The fourth-order valence-corrected chi connectivity index (χ4v) is 9.18. The van der Waals surface area contributed by atoms with Gasteiger partial charge in [0, 0.05) is 21.5 Å². The predicted molar refractivity (Wildman–Crippen MR) is 243 cm³/mol. The van der Waals surface area contributed by atoms with Crippen molar-refractivity contribution >= 4 is 65.4 Å². The first-order valence-corrected chi connectivity index (χ1v) is 19.8.